The van der Waals surface area contributed by atoms with E-state index in [4.69, 9.17) is 11.6 Å². The Balaban J connectivity index is 2.10. The van der Waals surface area contributed by atoms with Gasteiger partial charge in [-0.15, -0.1) is 10.2 Å². The third-order valence-corrected chi connectivity index (χ3v) is 2.50. The van der Waals surface area contributed by atoms with Crippen molar-refractivity contribution in [3.8, 4) is 0 Å². The number of nitrogens with zero attached hydrogens (tertiary/aromatic N) is 5. The van der Waals surface area contributed by atoms with Crippen molar-refractivity contribution >= 4 is 17.5 Å². The molecule has 0 saturated carbocycles. The number of rotatable bonds is 3. The Morgan fingerprint density at radius 2 is 2.28 bits per heavy atom. The van der Waals surface area contributed by atoms with E-state index >= 15 is 0 Å². The van der Waals surface area contributed by atoms with E-state index in [0.717, 1.165) is 0 Å². The van der Waals surface area contributed by atoms with Crippen LogP contribution in [0.1, 0.15) is 29.3 Å². The van der Waals surface area contributed by atoms with Gasteiger partial charge in [0.1, 0.15) is 17.2 Å². The minimum Gasteiger partial charge on any atom is -0.341 e. The molecule has 18 heavy (non-hydrogen) atoms. The number of carbonyl (C=O) groups excluding carboxylic acids is 1. The topological polar surface area (TPSA) is 85.6 Å². The van der Waals surface area contributed by atoms with Crippen LogP contribution < -0.4 is 5.32 Å². The molecule has 0 fully saturated rings. The van der Waals surface area contributed by atoms with Crippen LogP contribution in [-0.2, 0) is 7.05 Å². The lowest BCUT2D eigenvalue weighted by Gasteiger charge is -2.12. The van der Waals surface area contributed by atoms with Crippen molar-refractivity contribution < 1.29 is 4.79 Å². The third-order valence-electron chi connectivity index (χ3n) is 2.32. The van der Waals surface area contributed by atoms with Crippen molar-refractivity contribution in [3.05, 3.63) is 35.4 Å². The summed E-state index contributed by atoms with van der Waals surface area (Å²) in [5.74, 6) is 0.291. The molecular formula is C10H11ClN6O. The summed E-state index contributed by atoms with van der Waals surface area (Å²) in [5.41, 5.74) is 0.163. The molecule has 0 aliphatic heterocycles. The number of hydrogen-bond acceptors (Lipinski definition) is 5. The summed E-state index contributed by atoms with van der Waals surface area (Å²) in [5, 5.41) is 10.6. The lowest BCUT2D eigenvalue weighted by Crippen LogP contribution is -2.29. The van der Waals surface area contributed by atoms with Gasteiger partial charge in [-0.25, -0.2) is 4.98 Å². The third kappa shape index (κ3) is 2.62. The Kier molecular flexibility index (Phi) is 3.52. The summed E-state index contributed by atoms with van der Waals surface area (Å²) in [6.45, 7) is 1.81. The molecule has 1 N–H and O–H groups in total. The van der Waals surface area contributed by atoms with Gasteiger partial charge in [-0.2, -0.15) is 0 Å². The minimum atomic E-state index is -0.361. The highest BCUT2D eigenvalue weighted by Gasteiger charge is 2.16. The van der Waals surface area contributed by atoms with Crippen LogP contribution in [0.25, 0.3) is 0 Å². The Labute approximate surface area is 108 Å². The average Bonchev–Trinajstić information content (AvgIpc) is 2.75. The maximum atomic E-state index is 11.9. The number of hydrogen-bond donors (Lipinski definition) is 1. The van der Waals surface area contributed by atoms with Crippen molar-refractivity contribution in [1.29, 1.82) is 0 Å². The molecule has 1 atom stereocenters. The van der Waals surface area contributed by atoms with Crippen LogP contribution in [0.5, 0.6) is 0 Å². The molecule has 2 aromatic rings. The zero-order valence-corrected chi connectivity index (χ0v) is 10.6. The average molecular weight is 267 g/mol. The molecule has 0 radical (unpaired) electrons. The van der Waals surface area contributed by atoms with E-state index in [2.05, 4.69) is 25.5 Å². The van der Waals surface area contributed by atoms with Crippen LogP contribution in [0.2, 0.25) is 5.15 Å². The van der Waals surface area contributed by atoms with Gasteiger partial charge >= 0.3 is 0 Å². The summed E-state index contributed by atoms with van der Waals surface area (Å²) in [6.07, 6.45) is 4.28. The molecule has 0 aliphatic rings. The lowest BCUT2D eigenvalue weighted by atomic mass is 10.3. The summed E-state index contributed by atoms with van der Waals surface area (Å²) in [4.78, 5) is 19.6. The molecule has 2 rings (SSSR count). The molecule has 1 amide bonds. The number of carbonyl (C=O) groups is 1. The first-order valence-corrected chi connectivity index (χ1v) is 5.58. The minimum absolute atomic E-state index is 0.163. The predicted molar refractivity (Wildman–Crippen MR) is 63.9 cm³/mol. The van der Waals surface area contributed by atoms with Crippen LogP contribution in [-0.4, -0.2) is 30.6 Å². The Morgan fingerprint density at radius 3 is 2.89 bits per heavy atom. The van der Waals surface area contributed by atoms with Gasteiger partial charge in [0.25, 0.3) is 5.91 Å². The highest BCUT2D eigenvalue weighted by atomic mass is 35.5. The number of amides is 1. The van der Waals surface area contributed by atoms with Crippen LogP contribution in [0, 0.1) is 0 Å². The molecule has 0 aromatic carbocycles. The van der Waals surface area contributed by atoms with Crippen molar-refractivity contribution in [2.24, 2.45) is 7.05 Å². The van der Waals surface area contributed by atoms with Gasteiger partial charge in [0.15, 0.2) is 5.82 Å². The fourth-order valence-electron chi connectivity index (χ4n) is 1.47. The fourth-order valence-corrected chi connectivity index (χ4v) is 1.62. The Morgan fingerprint density at radius 1 is 1.50 bits per heavy atom. The molecule has 1 unspecified atom stereocenters. The van der Waals surface area contributed by atoms with Crippen LogP contribution in [0.15, 0.2) is 18.7 Å². The zero-order valence-electron chi connectivity index (χ0n) is 9.83. The van der Waals surface area contributed by atoms with E-state index < -0.39 is 0 Å². The van der Waals surface area contributed by atoms with Gasteiger partial charge in [0.2, 0.25) is 0 Å². The number of aromatic nitrogens is 5. The molecule has 0 bridgehead atoms. The van der Waals surface area contributed by atoms with Crippen LogP contribution in [0.3, 0.4) is 0 Å². The maximum Gasteiger partial charge on any atom is 0.272 e. The molecule has 94 valence electrons. The molecule has 0 saturated heterocycles. The van der Waals surface area contributed by atoms with Gasteiger partial charge in [0, 0.05) is 7.05 Å². The summed E-state index contributed by atoms with van der Waals surface area (Å²) in [7, 11) is 1.80. The molecule has 2 aromatic heterocycles. The van der Waals surface area contributed by atoms with Gasteiger partial charge in [0.05, 0.1) is 18.4 Å². The van der Waals surface area contributed by atoms with Gasteiger partial charge < -0.3 is 9.88 Å². The van der Waals surface area contributed by atoms with E-state index in [1.807, 2.05) is 0 Å². The van der Waals surface area contributed by atoms with E-state index in [1.165, 1.54) is 12.4 Å². The highest BCUT2D eigenvalue weighted by molar-refractivity contribution is 6.29. The largest absolute Gasteiger partial charge is 0.341 e. The van der Waals surface area contributed by atoms with E-state index in [-0.39, 0.29) is 22.8 Å². The summed E-state index contributed by atoms with van der Waals surface area (Å²) in [6, 6.07) is -0.286. The SMILES string of the molecule is CC(NC(=O)c1cncc(Cl)n1)c1nncn1C. The second kappa shape index (κ2) is 5.09. The molecule has 0 aliphatic carbocycles. The second-order valence-corrected chi connectivity index (χ2v) is 4.11. The zero-order chi connectivity index (χ0) is 13.1. The first-order valence-electron chi connectivity index (χ1n) is 5.20. The number of aryl methyl sites for hydroxylation is 1. The molecule has 7 nitrogen and oxygen atoms in total. The highest BCUT2D eigenvalue weighted by Crippen LogP contribution is 2.09. The van der Waals surface area contributed by atoms with Crippen LogP contribution >= 0.6 is 11.6 Å². The van der Waals surface area contributed by atoms with E-state index in [9.17, 15) is 4.79 Å². The van der Waals surface area contributed by atoms with Crippen molar-refractivity contribution in [2.75, 3.05) is 0 Å². The second-order valence-electron chi connectivity index (χ2n) is 3.72. The Bertz CT molecular complexity index is 569. The molecule has 8 heteroatoms. The smallest absolute Gasteiger partial charge is 0.272 e. The van der Waals surface area contributed by atoms with Crippen molar-refractivity contribution in [2.45, 2.75) is 13.0 Å². The maximum absolute atomic E-state index is 11.9. The van der Waals surface area contributed by atoms with Crippen molar-refractivity contribution in [1.82, 2.24) is 30.0 Å². The first-order chi connectivity index (χ1) is 8.58. The molecule has 2 heterocycles. The number of halogens is 1. The quantitative estimate of drug-likeness (QED) is 0.886. The Hall–Kier alpha value is -2.02. The summed E-state index contributed by atoms with van der Waals surface area (Å²) >= 11 is 5.67. The van der Waals surface area contributed by atoms with Gasteiger partial charge in [-0.1, -0.05) is 11.6 Å². The summed E-state index contributed by atoms with van der Waals surface area (Å²) < 4.78 is 1.73. The van der Waals surface area contributed by atoms with Crippen molar-refractivity contribution in [3.63, 3.8) is 0 Å². The predicted octanol–water partition coefficient (Wildman–Crippen LogP) is 0.750. The van der Waals surface area contributed by atoms with Crippen LogP contribution in [0.4, 0.5) is 0 Å². The molecule has 0 spiro atoms. The fraction of sp³-hybridized carbons (Fsp3) is 0.300. The van der Waals surface area contributed by atoms with Gasteiger partial charge in [-0.05, 0) is 6.92 Å². The monoisotopic (exact) mass is 266 g/mol. The standard InChI is InChI=1S/C10H11ClN6O/c1-6(9-16-13-5-17(9)2)14-10(18)7-3-12-4-8(11)15-7/h3-6H,1-2H3,(H,14,18). The van der Waals surface area contributed by atoms with E-state index in [0.29, 0.717) is 5.82 Å². The van der Waals surface area contributed by atoms with Gasteiger partial charge in [-0.3, -0.25) is 9.78 Å². The van der Waals surface area contributed by atoms with E-state index in [1.54, 1.807) is 24.9 Å². The lowest BCUT2D eigenvalue weighted by molar-refractivity contribution is 0.0932. The first kappa shape index (κ1) is 12.4. The normalized spacial score (nSPS) is 12.2. The molecular weight excluding hydrogens is 256 g/mol. The number of nitrogens with one attached hydrogen (secondary N) is 1.